The van der Waals surface area contributed by atoms with Gasteiger partial charge in [0.25, 0.3) is 0 Å². The van der Waals surface area contributed by atoms with Crippen LogP contribution in [-0.4, -0.2) is 63.4 Å². The highest BCUT2D eigenvalue weighted by Crippen LogP contribution is 2.34. The van der Waals surface area contributed by atoms with Crippen molar-refractivity contribution in [3.63, 3.8) is 0 Å². The van der Waals surface area contributed by atoms with Crippen molar-refractivity contribution >= 4 is 5.96 Å². The van der Waals surface area contributed by atoms with Crippen molar-refractivity contribution in [1.29, 1.82) is 0 Å². The van der Waals surface area contributed by atoms with Crippen LogP contribution in [0.15, 0.2) is 23.2 Å². The summed E-state index contributed by atoms with van der Waals surface area (Å²) in [6.45, 7) is 9.95. The first-order valence-electron chi connectivity index (χ1n) is 11.2. The van der Waals surface area contributed by atoms with Crippen LogP contribution in [-0.2, 0) is 11.3 Å². The van der Waals surface area contributed by atoms with E-state index in [0.29, 0.717) is 26.4 Å². The lowest BCUT2D eigenvalue weighted by Gasteiger charge is -2.22. The molecule has 2 N–H and O–H groups in total. The monoisotopic (exact) mass is 402 g/mol. The van der Waals surface area contributed by atoms with E-state index < -0.39 is 0 Å². The van der Waals surface area contributed by atoms with E-state index in [9.17, 15) is 0 Å². The molecule has 2 aliphatic carbocycles. The topological polar surface area (TPSA) is 58.1 Å². The number of aliphatic imine (C=N–C) groups is 1. The molecule has 3 rings (SSSR count). The van der Waals surface area contributed by atoms with E-state index >= 15 is 0 Å². The fraction of sp³-hybridized carbons (Fsp3) is 0.696. The number of benzene rings is 1. The summed E-state index contributed by atoms with van der Waals surface area (Å²) in [5.41, 5.74) is 2.32. The molecule has 6 heteroatoms. The van der Waals surface area contributed by atoms with Crippen molar-refractivity contribution < 1.29 is 9.47 Å². The van der Waals surface area contributed by atoms with Gasteiger partial charge in [-0.1, -0.05) is 12.1 Å². The Labute approximate surface area is 176 Å². The minimum absolute atomic E-state index is 0.565. The molecule has 2 fully saturated rings. The maximum absolute atomic E-state index is 5.94. The van der Waals surface area contributed by atoms with Crippen LogP contribution in [0.2, 0.25) is 0 Å². The number of guanidine groups is 1. The van der Waals surface area contributed by atoms with Gasteiger partial charge in [0.2, 0.25) is 0 Å². The smallest absolute Gasteiger partial charge is 0.191 e. The normalized spacial score (nSPS) is 16.9. The van der Waals surface area contributed by atoms with Crippen molar-refractivity contribution in [2.75, 3.05) is 46.5 Å². The van der Waals surface area contributed by atoms with Gasteiger partial charge < -0.3 is 20.1 Å². The first-order chi connectivity index (χ1) is 14.2. The molecular weight excluding hydrogens is 364 g/mol. The lowest BCUT2D eigenvalue weighted by molar-refractivity contribution is 0.110. The van der Waals surface area contributed by atoms with Crippen LogP contribution in [0, 0.1) is 12.8 Å². The summed E-state index contributed by atoms with van der Waals surface area (Å²) in [5, 5.41) is 6.90. The highest BCUT2D eigenvalue weighted by atomic mass is 16.5. The Balaban J connectivity index is 1.43. The zero-order chi connectivity index (χ0) is 20.5. The zero-order valence-corrected chi connectivity index (χ0v) is 18.4. The van der Waals surface area contributed by atoms with Crippen LogP contribution >= 0.6 is 0 Å². The summed E-state index contributed by atoms with van der Waals surface area (Å²) in [6.07, 6.45) is 5.59. The molecule has 0 amide bonds. The molecule has 0 spiro atoms. The van der Waals surface area contributed by atoms with Gasteiger partial charge in [-0.05, 0) is 57.1 Å². The average Bonchev–Trinajstić information content (AvgIpc) is 3.62. The van der Waals surface area contributed by atoms with Crippen LogP contribution in [0.4, 0.5) is 0 Å². The highest BCUT2D eigenvalue weighted by molar-refractivity contribution is 5.79. The van der Waals surface area contributed by atoms with Crippen molar-refractivity contribution in [3.8, 4) is 5.75 Å². The number of hydrogen-bond donors (Lipinski definition) is 2. The molecule has 6 nitrogen and oxygen atoms in total. The van der Waals surface area contributed by atoms with Crippen molar-refractivity contribution in [1.82, 2.24) is 15.5 Å². The number of rotatable bonds is 13. The molecule has 2 aliphatic rings. The fourth-order valence-corrected chi connectivity index (χ4v) is 3.51. The number of hydrogen-bond acceptors (Lipinski definition) is 4. The summed E-state index contributed by atoms with van der Waals surface area (Å²) in [4.78, 5) is 7.05. The second-order valence-electron chi connectivity index (χ2n) is 8.18. The molecule has 0 heterocycles. The van der Waals surface area contributed by atoms with Crippen LogP contribution < -0.4 is 15.4 Å². The van der Waals surface area contributed by atoms with Gasteiger partial charge in [-0.15, -0.1) is 0 Å². The summed E-state index contributed by atoms with van der Waals surface area (Å²) >= 11 is 0. The summed E-state index contributed by atoms with van der Waals surface area (Å²) in [5.74, 6) is 2.71. The fourth-order valence-electron chi connectivity index (χ4n) is 3.51. The largest absolute Gasteiger partial charge is 0.491 e. The Morgan fingerprint density at radius 1 is 1.17 bits per heavy atom. The SMILES string of the molecule is CCOCCOc1cc(C)ccc1CNC(=NC)NCCN(CC1CC1)C1CC1. The maximum atomic E-state index is 5.94. The van der Waals surface area contributed by atoms with Gasteiger partial charge in [0.15, 0.2) is 5.96 Å². The van der Waals surface area contributed by atoms with Crippen molar-refractivity contribution in [3.05, 3.63) is 29.3 Å². The average molecular weight is 403 g/mol. The van der Waals surface area contributed by atoms with Crippen LogP contribution in [0.25, 0.3) is 0 Å². The molecule has 29 heavy (non-hydrogen) atoms. The highest BCUT2D eigenvalue weighted by Gasteiger charge is 2.33. The lowest BCUT2D eigenvalue weighted by atomic mass is 10.1. The van der Waals surface area contributed by atoms with Crippen molar-refractivity contribution in [2.45, 2.75) is 52.1 Å². The molecule has 0 bridgehead atoms. The Kier molecular flexibility index (Phi) is 8.62. The Hall–Kier alpha value is -1.79. The van der Waals surface area contributed by atoms with Gasteiger partial charge in [-0.2, -0.15) is 0 Å². The molecular formula is C23H38N4O2. The standard InChI is InChI=1S/C23H38N4O2/c1-4-28-13-14-29-22-15-18(2)5-8-20(22)16-26-23(24-3)25-11-12-27(21-9-10-21)17-19-6-7-19/h5,8,15,19,21H,4,6-7,9-14,16-17H2,1-3H3,(H2,24,25,26). The zero-order valence-electron chi connectivity index (χ0n) is 18.4. The van der Waals surface area contributed by atoms with Gasteiger partial charge in [0, 0.05) is 51.4 Å². The quantitative estimate of drug-likeness (QED) is 0.302. The molecule has 1 aromatic carbocycles. The predicted octanol–water partition coefficient (Wildman–Crippen LogP) is 2.95. The molecule has 0 aromatic heterocycles. The van der Waals surface area contributed by atoms with Crippen LogP contribution in [0.5, 0.6) is 5.75 Å². The van der Waals surface area contributed by atoms with Crippen molar-refractivity contribution in [2.24, 2.45) is 10.9 Å². The van der Waals surface area contributed by atoms with E-state index in [1.54, 1.807) is 0 Å². The third kappa shape index (κ3) is 7.86. The van der Waals surface area contributed by atoms with E-state index in [2.05, 4.69) is 45.6 Å². The molecule has 1 aromatic rings. The second-order valence-corrected chi connectivity index (χ2v) is 8.18. The number of ether oxygens (including phenoxy) is 2. The molecule has 0 unspecified atom stereocenters. The molecule has 162 valence electrons. The molecule has 0 aliphatic heterocycles. The van der Waals surface area contributed by atoms with Gasteiger partial charge >= 0.3 is 0 Å². The summed E-state index contributed by atoms with van der Waals surface area (Å²) < 4.78 is 11.3. The minimum Gasteiger partial charge on any atom is -0.491 e. The van der Waals surface area contributed by atoms with E-state index in [-0.39, 0.29) is 0 Å². The lowest BCUT2D eigenvalue weighted by Crippen LogP contribution is -2.42. The van der Waals surface area contributed by atoms with E-state index in [1.165, 1.54) is 37.8 Å². The van der Waals surface area contributed by atoms with Crippen LogP contribution in [0.3, 0.4) is 0 Å². The minimum atomic E-state index is 0.565. The third-order valence-corrected chi connectivity index (χ3v) is 5.53. The van der Waals surface area contributed by atoms with E-state index in [0.717, 1.165) is 42.3 Å². The van der Waals surface area contributed by atoms with E-state index in [1.807, 2.05) is 14.0 Å². The Bertz CT molecular complexity index is 656. The first-order valence-corrected chi connectivity index (χ1v) is 11.2. The molecule has 0 radical (unpaired) electrons. The summed E-state index contributed by atoms with van der Waals surface area (Å²) in [6, 6.07) is 7.16. The first kappa shape index (κ1) is 21.9. The third-order valence-electron chi connectivity index (χ3n) is 5.53. The molecule has 2 saturated carbocycles. The predicted molar refractivity (Wildman–Crippen MR) is 119 cm³/mol. The molecule has 0 atom stereocenters. The molecule has 0 saturated heterocycles. The summed E-state index contributed by atoms with van der Waals surface area (Å²) in [7, 11) is 1.83. The number of nitrogens with zero attached hydrogens (tertiary/aromatic N) is 2. The van der Waals surface area contributed by atoms with E-state index in [4.69, 9.17) is 9.47 Å². The van der Waals surface area contributed by atoms with Gasteiger partial charge in [-0.25, -0.2) is 0 Å². The Morgan fingerprint density at radius 2 is 2.00 bits per heavy atom. The van der Waals surface area contributed by atoms with Gasteiger partial charge in [-0.3, -0.25) is 9.89 Å². The number of aryl methyl sites for hydroxylation is 1. The van der Waals surface area contributed by atoms with Gasteiger partial charge in [0.05, 0.1) is 6.61 Å². The number of nitrogens with one attached hydrogen (secondary N) is 2. The second kappa shape index (κ2) is 11.4. The van der Waals surface area contributed by atoms with Crippen LogP contribution in [0.1, 0.15) is 43.7 Å². The Morgan fingerprint density at radius 3 is 2.69 bits per heavy atom. The van der Waals surface area contributed by atoms with Gasteiger partial charge in [0.1, 0.15) is 12.4 Å². The maximum Gasteiger partial charge on any atom is 0.191 e.